The second-order valence-electron chi connectivity index (χ2n) is 11.1. The average molecular weight is 445 g/mol. The number of hydrogen-bond donors (Lipinski definition) is 0. The van der Waals surface area contributed by atoms with Gasteiger partial charge in [0.15, 0.2) is 16.6 Å². The summed E-state index contributed by atoms with van der Waals surface area (Å²) in [7, 11) is -3.78. The van der Waals surface area contributed by atoms with E-state index in [4.69, 9.17) is 13.6 Å². The van der Waals surface area contributed by atoms with E-state index in [1.165, 1.54) is 6.08 Å². The molecular formula is C23H48O4Si2. The third-order valence-electron chi connectivity index (χ3n) is 6.46. The molecular weight excluding hydrogens is 396 g/mol. The molecule has 0 N–H and O–H groups in total. The fraction of sp³-hybridized carbons (Fsp3) is 0.870. The van der Waals surface area contributed by atoms with E-state index in [-0.39, 0.29) is 28.3 Å². The number of hydrogen-bond acceptors (Lipinski definition) is 4. The number of esters is 1. The maximum atomic E-state index is 11.5. The summed E-state index contributed by atoms with van der Waals surface area (Å²) >= 11 is 0. The fourth-order valence-corrected chi connectivity index (χ4v) is 5.32. The zero-order valence-corrected chi connectivity index (χ0v) is 23.3. The lowest BCUT2D eigenvalue weighted by atomic mass is 10.1. The first kappa shape index (κ1) is 28.6. The van der Waals surface area contributed by atoms with Crippen LogP contribution >= 0.6 is 0 Å². The van der Waals surface area contributed by atoms with Crippen LogP contribution in [0, 0.1) is 0 Å². The highest BCUT2D eigenvalue weighted by atomic mass is 28.4. The second-order valence-corrected chi connectivity index (χ2v) is 20.6. The Kier molecular flexibility index (Phi) is 11.1. The van der Waals surface area contributed by atoms with Gasteiger partial charge in [-0.05, 0) is 69.4 Å². The van der Waals surface area contributed by atoms with Gasteiger partial charge < -0.3 is 13.6 Å². The van der Waals surface area contributed by atoms with Gasteiger partial charge in [-0.3, -0.25) is 0 Å². The molecule has 2 atom stereocenters. The molecule has 172 valence electrons. The van der Waals surface area contributed by atoms with Crippen LogP contribution in [0.2, 0.25) is 36.3 Å². The molecule has 0 aromatic rings. The number of rotatable bonds is 11. The van der Waals surface area contributed by atoms with Crippen LogP contribution in [-0.2, 0) is 18.4 Å². The van der Waals surface area contributed by atoms with Gasteiger partial charge in [-0.1, -0.05) is 47.6 Å². The Morgan fingerprint density at radius 3 is 1.86 bits per heavy atom. The molecule has 0 heterocycles. The minimum Gasteiger partial charge on any atom is -0.463 e. The van der Waals surface area contributed by atoms with E-state index in [9.17, 15) is 4.79 Å². The smallest absolute Gasteiger partial charge is 0.330 e. The molecule has 0 bridgehead atoms. The van der Waals surface area contributed by atoms with Crippen molar-refractivity contribution < 1.29 is 18.4 Å². The van der Waals surface area contributed by atoms with Gasteiger partial charge in [-0.15, -0.1) is 0 Å². The molecule has 0 aromatic heterocycles. The lowest BCUT2D eigenvalue weighted by molar-refractivity contribution is -0.137. The van der Waals surface area contributed by atoms with E-state index in [0.29, 0.717) is 6.61 Å². The zero-order valence-electron chi connectivity index (χ0n) is 21.3. The summed E-state index contributed by atoms with van der Waals surface area (Å²) in [5.41, 5.74) is 0. The quantitative estimate of drug-likeness (QED) is 0.148. The summed E-state index contributed by atoms with van der Waals surface area (Å²) in [4.78, 5) is 11.5. The first-order chi connectivity index (χ1) is 12.9. The molecule has 0 spiro atoms. The molecule has 0 amide bonds. The van der Waals surface area contributed by atoms with Gasteiger partial charge in [0.1, 0.15) is 0 Å². The van der Waals surface area contributed by atoms with Crippen molar-refractivity contribution in [1.29, 1.82) is 0 Å². The summed E-state index contributed by atoms with van der Waals surface area (Å²) in [6.07, 6.45) is 6.28. The average Bonchev–Trinajstić information content (AvgIpc) is 2.50. The van der Waals surface area contributed by atoms with Crippen LogP contribution in [-0.4, -0.2) is 41.4 Å². The fourth-order valence-electron chi connectivity index (χ4n) is 2.47. The molecule has 0 fully saturated rings. The standard InChI is InChI=1S/C23H48O4Si2/c1-13-25-21(24)18-16-14-15-17-20(27-29(11,12)23(6,7)8)19(2)26-28(9,10)22(3,4)5/h16,18-20H,13-15,17H2,1-12H3/b18-16+/t19-,20+/m0/s1. The minimum atomic E-state index is -1.91. The monoisotopic (exact) mass is 444 g/mol. The predicted molar refractivity (Wildman–Crippen MR) is 129 cm³/mol. The van der Waals surface area contributed by atoms with Gasteiger partial charge in [0.25, 0.3) is 0 Å². The molecule has 0 aromatic carbocycles. The van der Waals surface area contributed by atoms with Crippen molar-refractivity contribution in [3.8, 4) is 0 Å². The maximum absolute atomic E-state index is 11.5. The van der Waals surface area contributed by atoms with Gasteiger partial charge in [0.05, 0.1) is 18.8 Å². The molecule has 0 aliphatic carbocycles. The Labute approximate surface area is 183 Å². The lowest BCUT2D eigenvalue weighted by Gasteiger charge is -2.44. The summed E-state index contributed by atoms with van der Waals surface area (Å²) in [5.74, 6) is -0.267. The van der Waals surface area contributed by atoms with E-state index < -0.39 is 16.6 Å². The van der Waals surface area contributed by atoms with E-state index in [1.807, 2.05) is 13.0 Å². The van der Waals surface area contributed by atoms with Crippen LogP contribution in [0.4, 0.5) is 0 Å². The second kappa shape index (κ2) is 11.3. The Balaban J connectivity index is 5.19. The van der Waals surface area contributed by atoms with Gasteiger partial charge in [0.2, 0.25) is 0 Å². The number of unbranched alkanes of at least 4 members (excludes halogenated alkanes) is 1. The Morgan fingerprint density at radius 2 is 1.41 bits per heavy atom. The Hall–Kier alpha value is -0.436. The molecule has 6 heteroatoms. The van der Waals surface area contributed by atoms with Crippen LogP contribution in [0.1, 0.15) is 74.7 Å². The molecule has 0 unspecified atom stereocenters. The van der Waals surface area contributed by atoms with E-state index >= 15 is 0 Å². The highest BCUT2D eigenvalue weighted by Gasteiger charge is 2.43. The predicted octanol–water partition coefficient (Wildman–Crippen LogP) is 7.08. The SMILES string of the molecule is CCOC(=O)/C=C/CCC[C@@H](O[Si](C)(C)C(C)(C)C)[C@H](C)O[Si](C)(C)C(C)(C)C. The van der Waals surface area contributed by atoms with E-state index in [2.05, 4.69) is 74.7 Å². The van der Waals surface area contributed by atoms with Crippen LogP contribution < -0.4 is 0 Å². The zero-order chi connectivity index (χ0) is 23.1. The van der Waals surface area contributed by atoms with Gasteiger partial charge in [0, 0.05) is 6.08 Å². The lowest BCUT2D eigenvalue weighted by Crippen LogP contribution is -2.51. The maximum Gasteiger partial charge on any atom is 0.330 e. The number of carbonyl (C=O) groups excluding carboxylic acids is 1. The van der Waals surface area contributed by atoms with Gasteiger partial charge >= 0.3 is 5.97 Å². The molecule has 0 aliphatic rings. The molecule has 0 rings (SSSR count). The van der Waals surface area contributed by atoms with E-state index in [0.717, 1.165) is 19.3 Å². The highest BCUT2D eigenvalue weighted by molar-refractivity contribution is 6.74. The van der Waals surface area contributed by atoms with Crippen molar-refractivity contribution in [2.45, 2.75) is 123 Å². The molecule has 4 nitrogen and oxygen atoms in total. The Bertz CT molecular complexity index is 528. The van der Waals surface area contributed by atoms with Gasteiger partial charge in [-0.25, -0.2) is 4.79 Å². The molecule has 0 aliphatic heterocycles. The van der Waals surface area contributed by atoms with Crippen molar-refractivity contribution in [1.82, 2.24) is 0 Å². The molecule has 0 saturated heterocycles. The first-order valence-electron chi connectivity index (χ1n) is 11.1. The van der Waals surface area contributed by atoms with Crippen LogP contribution in [0.3, 0.4) is 0 Å². The molecule has 0 saturated carbocycles. The highest BCUT2D eigenvalue weighted by Crippen LogP contribution is 2.40. The first-order valence-corrected chi connectivity index (χ1v) is 16.9. The summed E-state index contributed by atoms with van der Waals surface area (Å²) < 4.78 is 18.4. The van der Waals surface area contributed by atoms with Crippen molar-refractivity contribution >= 4 is 22.6 Å². The van der Waals surface area contributed by atoms with Crippen molar-refractivity contribution in [2.24, 2.45) is 0 Å². The van der Waals surface area contributed by atoms with Crippen LogP contribution in [0.15, 0.2) is 12.2 Å². The number of ether oxygens (including phenoxy) is 1. The minimum absolute atomic E-state index is 0.0547. The molecule has 0 radical (unpaired) electrons. The summed E-state index contributed by atoms with van der Waals surface area (Å²) in [6, 6.07) is 0. The number of carbonyl (C=O) groups is 1. The van der Waals surface area contributed by atoms with Crippen LogP contribution in [0.25, 0.3) is 0 Å². The van der Waals surface area contributed by atoms with Crippen molar-refractivity contribution in [3.05, 3.63) is 12.2 Å². The largest absolute Gasteiger partial charge is 0.463 e. The normalized spacial score (nSPS) is 16.1. The van der Waals surface area contributed by atoms with Gasteiger partial charge in [-0.2, -0.15) is 0 Å². The number of allylic oxidation sites excluding steroid dienone is 1. The summed E-state index contributed by atoms with van der Waals surface area (Å²) in [5, 5.41) is 0.330. The third kappa shape index (κ3) is 9.94. The van der Waals surface area contributed by atoms with Crippen molar-refractivity contribution in [2.75, 3.05) is 6.61 Å². The Morgan fingerprint density at radius 1 is 0.931 bits per heavy atom. The van der Waals surface area contributed by atoms with E-state index in [1.54, 1.807) is 0 Å². The third-order valence-corrected chi connectivity index (χ3v) is 15.5. The van der Waals surface area contributed by atoms with Crippen LogP contribution in [0.5, 0.6) is 0 Å². The molecule has 29 heavy (non-hydrogen) atoms. The summed E-state index contributed by atoms with van der Waals surface area (Å²) in [6.45, 7) is 27.3. The topological polar surface area (TPSA) is 44.8 Å². The van der Waals surface area contributed by atoms with Crippen molar-refractivity contribution in [3.63, 3.8) is 0 Å².